The van der Waals surface area contributed by atoms with E-state index in [4.69, 9.17) is 16.3 Å². The number of hydrogen-bond acceptors (Lipinski definition) is 2. The molecule has 0 aliphatic carbocycles. The van der Waals surface area contributed by atoms with Crippen molar-refractivity contribution in [2.75, 3.05) is 0 Å². The first kappa shape index (κ1) is 17.8. The largest absolute Gasteiger partial charge is 0.489 e. The standard InChI is InChI=1S/C23H18ClNO/c1-17-5-7-19(8-6-17)16-26-23-11-9-18(10-12-23)13-21(15-25)20-3-2-4-22(24)14-20/h2-14H,16H2,1H3/b21-13-. The van der Waals surface area contributed by atoms with Crippen molar-refractivity contribution in [1.82, 2.24) is 0 Å². The van der Waals surface area contributed by atoms with Crippen LogP contribution in [0, 0.1) is 18.3 Å². The van der Waals surface area contributed by atoms with Gasteiger partial charge in [0.2, 0.25) is 0 Å². The molecule has 0 aliphatic heterocycles. The third kappa shape index (κ3) is 4.75. The summed E-state index contributed by atoms with van der Waals surface area (Å²) >= 11 is 6.01. The molecule has 3 heteroatoms. The van der Waals surface area contributed by atoms with Gasteiger partial charge >= 0.3 is 0 Å². The van der Waals surface area contributed by atoms with Crippen molar-refractivity contribution in [3.63, 3.8) is 0 Å². The third-order valence-electron chi connectivity index (χ3n) is 3.97. The number of benzene rings is 3. The zero-order chi connectivity index (χ0) is 18.4. The molecule has 3 aromatic carbocycles. The van der Waals surface area contributed by atoms with Crippen LogP contribution in [0.3, 0.4) is 0 Å². The fourth-order valence-corrected chi connectivity index (χ4v) is 2.70. The zero-order valence-corrected chi connectivity index (χ0v) is 15.2. The maximum absolute atomic E-state index is 9.43. The van der Waals surface area contributed by atoms with E-state index in [1.807, 2.05) is 42.5 Å². The van der Waals surface area contributed by atoms with Gasteiger partial charge in [-0.1, -0.05) is 65.7 Å². The van der Waals surface area contributed by atoms with Crippen LogP contribution in [0.4, 0.5) is 0 Å². The Kier molecular flexibility index (Phi) is 5.73. The molecule has 0 aliphatic rings. The van der Waals surface area contributed by atoms with Gasteiger partial charge in [0.25, 0.3) is 0 Å². The molecule has 2 nitrogen and oxygen atoms in total. The average molecular weight is 360 g/mol. The quantitative estimate of drug-likeness (QED) is 0.396. The van der Waals surface area contributed by atoms with Crippen LogP contribution in [0.25, 0.3) is 11.6 Å². The molecular weight excluding hydrogens is 342 g/mol. The molecule has 0 amide bonds. The van der Waals surface area contributed by atoms with Gasteiger partial charge in [-0.05, 0) is 54.0 Å². The average Bonchev–Trinajstić information content (AvgIpc) is 2.66. The topological polar surface area (TPSA) is 33.0 Å². The van der Waals surface area contributed by atoms with Crippen molar-refractivity contribution in [2.24, 2.45) is 0 Å². The van der Waals surface area contributed by atoms with Gasteiger partial charge in [-0.2, -0.15) is 5.26 Å². The molecular formula is C23H18ClNO. The first-order valence-corrected chi connectivity index (χ1v) is 8.68. The van der Waals surface area contributed by atoms with Crippen molar-refractivity contribution in [2.45, 2.75) is 13.5 Å². The van der Waals surface area contributed by atoms with Crippen LogP contribution in [0.5, 0.6) is 5.75 Å². The molecule has 0 N–H and O–H groups in total. The Bertz CT molecular complexity index is 951. The summed E-state index contributed by atoms with van der Waals surface area (Å²) in [5.74, 6) is 0.795. The second-order valence-corrected chi connectivity index (χ2v) is 6.46. The van der Waals surface area contributed by atoms with E-state index in [1.54, 1.807) is 12.1 Å². The molecule has 0 bridgehead atoms. The highest BCUT2D eigenvalue weighted by molar-refractivity contribution is 6.30. The Morgan fingerprint density at radius 3 is 2.42 bits per heavy atom. The molecule has 3 rings (SSSR count). The van der Waals surface area contributed by atoms with Crippen LogP contribution in [0.1, 0.15) is 22.3 Å². The van der Waals surface area contributed by atoms with Gasteiger partial charge in [0.05, 0.1) is 11.6 Å². The lowest BCUT2D eigenvalue weighted by molar-refractivity contribution is 0.306. The van der Waals surface area contributed by atoms with Gasteiger partial charge in [-0.3, -0.25) is 0 Å². The van der Waals surface area contributed by atoms with Gasteiger partial charge in [0.15, 0.2) is 0 Å². The molecule has 0 saturated heterocycles. The van der Waals surface area contributed by atoms with Crippen molar-refractivity contribution < 1.29 is 4.74 Å². The van der Waals surface area contributed by atoms with E-state index in [9.17, 15) is 5.26 Å². The summed E-state index contributed by atoms with van der Waals surface area (Å²) in [6.45, 7) is 2.59. The first-order chi connectivity index (χ1) is 12.6. The lowest BCUT2D eigenvalue weighted by Crippen LogP contribution is -1.95. The van der Waals surface area contributed by atoms with Gasteiger partial charge in [-0.25, -0.2) is 0 Å². The normalized spacial score (nSPS) is 11.0. The van der Waals surface area contributed by atoms with Crippen molar-refractivity contribution in [3.8, 4) is 11.8 Å². The monoisotopic (exact) mass is 359 g/mol. The highest BCUT2D eigenvalue weighted by Gasteiger charge is 2.02. The Balaban J connectivity index is 1.70. The number of halogens is 1. The predicted octanol–water partition coefficient (Wildman–Crippen LogP) is 6.29. The summed E-state index contributed by atoms with van der Waals surface area (Å²) in [6.07, 6.45) is 1.84. The highest BCUT2D eigenvalue weighted by atomic mass is 35.5. The molecule has 0 spiro atoms. The molecule has 0 heterocycles. The fourth-order valence-electron chi connectivity index (χ4n) is 2.51. The number of rotatable bonds is 5. The van der Waals surface area contributed by atoms with E-state index >= 15 is 0 Å². The maximum atomic E-state index is 9.43. The lowest BCUT2D eigenvalue weighted by Gasteiger charge is -2.07. The molecule has 26 heavy (non-hydrogen) atoms. The van der Waals surface area contributed by atoms with Crippen LogP contribution in [-0.2, 0) is 6.61 Å². The smallest absolute Gasteiger partial charge is 0.119 e. The van der Waals surface area contributed by atoms with Gasteiger partial charge in [0.1, 0.15) is 12.4 Å². The maximum Gasteiger partial charge on any atom is 0.119 e. The second kappa shape index (κ2) is 8.38. The van der Waals surface area contributed by atoms with Crippen LogP contribution >= 0.6 is 11.6 Å². The third-order valence-corrected chi connectivity index (χ3v) is 4.21. The van der Waals surface area contributed by atoms with E-state index in [0.29, 0.717) is 17.2 Å². The Morgan fingerprint density at radius 2 is 1.77 bits per heavy atom. The predicted molar refractivity (Wildman–Crippen MR) is 107 cm³/mol. The number of allylic oxidation sites excluding steroid dienone is 1. The van der Waals surface area contributed by atoms with E-state index in [2.05, 4.69) is 37.3 Å². The fraction of sp³-hybridized carbons (Fsp3) is 0.0870. The Labute approximate surface area is 158 Å². The highest BCUT2D eigenvalue weighted by Crippen LogP contribution is 2.22. The van der Waals surface area contributed by atoms with E-state index in [-0.39, 0.29) is 0 Å². The van der Waals surface area contributed by atoms with Gasteiger partial charge < -0.3 is 4.74 Å². The van der Waals surface area contributed by atoms with Crippen molar-refractivity contribution >= 4 is 23.3 Å². The molecule has 128 valence electrons. The lowest BCUT2D eigenvalue weighted by atomic mass is 10.0. The van der Waals surface area contributed by atoms with Crippen LogP contribution < -0.4 is 4.74 Å². The molecule has 0 aromatic heterocycles. The van der Waals surface area contributed by atoms with Crippen LogP contribution in [0.2, 0.25) is 5.02 Å². The number of ether oxygens (including phenoxy) is 1. The Morgan fingerprint density at radius 1 is 1.04 bits per heavy atom. The number of hydrogen-bond donors (Lipinski definition) is 0. The summed E-state index contributed by atoms with van der Waals surface area (Å²) in [4.78, 5) is 0. The minimum absolute atomic E-state index is 0.529. The molecule has 0 unspecified atom stereocenters. The summed E-state index contributed by atoms with van der Waals surface area (Å²) in [5, 5.41) is 10.0. The summed E-state index contributed by atoms with van der Waals surface area (Å²) in [6, 6.07) is 25.5. The molecule has 0 fully saturated rings. The van der Waals surface area contributed by atoms with Crippen molar-refractivity contribution in [1.29, 1.82) is 5.26 Å². The second-order valence-electron chi connectivity index (χ2n) is 6.02. The SMILES string of the molecule is Cc1ccc(COc2ccc(/C=C(/C#N)c3cccc(Cl)c3)cc2)cc1. The Hall–Kier alpha value is -3.02. The number of aryl methyl sites for hydroxylation is 1. The minimum atomic E-state index is 0.529. The van der Waals surface area contributed by atoms with Gasteiger partial charge in [0, 0.05) is 5.02 Å². The van der Waals surface area contributed by atoms with Gasteiger partial charge in [-0.15, -0.1) is 0 Å². The molecule has 3 aromatic rings. The molecule has 0 atom stereocenters. The van der Waals surface area contributed by atoms with E-state index in [0.717, 1.165) is 22.4 Å². The van der Waals surface area contributed by atoms with Crippen LogP contribution in [-0.4, -0.2) is 0 Å². The summed E-state index contributed by atoms with van der Waals surface area (Å²) < 4.78 is 5.82. The number of nitrogens with zero attached hydrogens (tertiary/aromatic N) is 1. The minimum Gasteiger partial charge on any atom is -0.489 e. The van der Waals surface area contributed by atoms with E-state index < -0.39 is 0 Å². The van der Waals surface area contributed by atoms with E-state index in [1.165, 1.54) is 5.56 Å². The van der Waals surface area contributed by atoms with Crippen molar-refractivity contribution in [3.05, 3.63) is 100 Å². The molecule has 0 radical (unpaired) electrons. The van der Waals surface area contributed by atoms with Crippen LogP contribution in [0.15, 0.2) is 72.8 Å². The zero-order valence-electron chi connectivity index (χ0n) is 14.4. The first-order valence-electron chi connectivity index (χ1n) is 8.30. The number of nitriles is 1. The summed E-state index contributed by atoms with van der Waals surface area (Å²) in [7, 11) is 0. The molecule has 0 saturated carbocycles. The summed E-state index contributed by atoms with van der Waals surface area (Å²) in [5.41, 5.74) is 4.68.